The summed E-state index contributed by atoms with van der Waals surface area (Å²) in [6.07, 6.45) is -2.05. The Bertz CT molecular complexity index is 692. The number of alkyl halides is 3. The third-order valence-corrected chi connectivity index (χ3v) is 2.65. The number of benzene rings is 2. The first-order chi connectivity index (χ1) is 10.8. The average molecular weight is 325 g/mol. The molecule has 0 aromatic heterocycles. The summed E-state index contributed by atoms with van der Waals surface area (Å²) in [5, 5.41) is 2.48. The molecule has 2 aromatic carbocycles. The van der Waals surface area contributed by atoms with Crippen molar-refractivity contribution in [2.24, 2.45) is 0 Å². The van der Waals surface area contributed by atoms with Gasteiger partial charge in [-0.1, -0.05) is 12.1 Å². The molecule has 0 spiro atoms. The van der Waals surface area contributed by atoms with Gasteiger partial charge in [-0.05, 0) is 48.0 Å². The van der Waals surface area contributed by atoms with E-state index in [4.69, 9.17) is 0 Å². The second-order valence-electron chi connectivity index (χ2n) is 4.45. The zero-order chi connectivity index (χ0) is 16.9. The number of anilines is 1. The predicted octanol–water partition coefficient (Wildman–Crippen LogP) is 4.38. The van der Waals surface area contributed by atoms with Crippen LogP contribution in [0.15, 0.2) is 54.6 Å². The molecule has 2 rings (SSSR count). The molecule has 0 radical (unpaired) electrons. The van der Waals surface area contributed by atoms with Crippen LogP contribution in [0.2, 0.25) is 0 Å². The average Bonchev–Trinajstić information content (AvgIpc) is 2.47. The molecule has 0 atom stereocenters. The van der Waals surface area contributed by atoms with E-state index in [1.807, 2.05) is 0 Å². The summed E-state index contributed by atoms with van der Waals surface area (Å²) >= 11 is 0. The monoisotopic (exact) mass is 325 g/mol. The van der Waals surface area contributed by atoms with Gasteiger partial charge in [0.25, 0.3) is 0 Å². The fraction of sp³-hybridized carbons (Fsp3) is 0.0625. The molecule has 0 saturated heterocycles. The molecule has 120 valence electrons. The van der Waals surface area contributed by atoms with Crippen LogP contribution in [0.25, 0.3) is 6.08 Å². The molecule has 0 bridgehead atoms. The summed E-state index contributed by atoms with van der Waals surface area (Å²) in [5.41, 5.74) is 0.948. The van der Waals surface area contributed by atoms with Crippen LogP contribution >= 0.6 is 0 Å². The molecule has 23 heavy (non-hydrogen) atoms. The number of nitrogens with one attached hydrogen (secondary N) is 1. The minimum Gasteiger partial charge on any atom is -0.406 e. The zero-order valence-corrected chi connectivity index (χ0v) is 11.6. The Morgan fingerprint density at radius 1 is 1.00 bits per heavy atom. The van der Waals surface area contributed by atoms with E-state index in [9.17, 15) is 22.4 Å². The largest absolute Gasteiger partial charge is 0.573 e. The SMILES string of the molecule is O=C(/C=C/c1ccc(F)cc1)Nc1ccc(OC(F)(F)F)cc1. The zero-order valence-electron chi connectivity index (χ0n) is 11.6. The lowest BCUT2D eigenvalue weighted by atomic mass is 10.2. The standard InChI is InChI=1S/C16H11F4NO2/c17-12-4-1-11(2-5-12)3-10-15(22)21-13-6-8-14(9-7-13)23-16(18,19)20/h1-10H,(H,21,22)/b10-3+. The van der Waals surface area contributed by atoms with Crippen molar-refractivity contribution >= 4 is 17.7 Å². The molecular weight excluding hydrogens is 314 g/mol. The van der Waals surface area contributed by atoms with Crippen molar-refractivity contribution in [3.63, 3.8) is 0 Å². The number of hydrogen-bond acceptors (Lipinski definition) is 2. The van der Waals surface area contributed by atoms with E-state index in [1.54, 1.807) is 0 Å². The Kier molecular flexibility index (Phi) is 5.00. The summed E-state index contributed by atoms with van der Waals surface area (Å²) < 4.78 is 52.5. The second kappa shape index (κ2) is 6.95. The van der Waals surface area contributed by atoms with Gasteiger partial charge < -0.3 is 10.1 Å². The summed E-state index contributed by atoms with van der Waals surface area (Å²) in [6, 6.07) is 10.3. The predicted molar refractivity (Wildman–Crippen MR) is 77.2 cm³/mol. The number of halogens is 4. The van der Waals surface area contributed by atoms with Crippen molar-refractivity contribution in [3.05, 3.63) is 66.0 Å². The summed E-state index contributed by atoms with van der Waals surface area (Å²) in [4.78, 5) is 11.7. The van der Waals surface area contributed by atoms with E-state index in [1.165, 1.54) is 48.6 Å². The summed E-state index contributed by atoms with van der Waals surface area (Å²) in [7, 11) is 0. The van der Waals surface area contributed by atoms with Gasteiger partial charge in [-0.15, -0.1) is 13.2 Å². The van der Waals surface area contributed by atoms with Crippen molar-refractivity contribution in [1.82, 2.24) is 0 Å². The Balaban J connectivity index is 1.93. The number of hydrogen-bond donors (Lipinski definition) is 1. The molecule has 7 heteroatoms. The van der Waals surface area contributed by atoms with Crippen LogP contribution < -0.4 is 10.1 Å². The minimum absolute atomic E-state index is 0.313. The van der Waals surface area contributed by atoms with E-state index in [0.29, 0.717) is 11.3 Å². The van der Waals surface area contributed by atoms with Crippen molar-refractivity contribution in [3.8, 4) is 5.75 Å². The molecule has 0 unspecified atom stereocenters. The van der Waals surface area contributed by atoms with Crippen LogP contribution in [-0.2, 0) is 4.79 Å². The van der Waals surface area contributed by atoms with E-state index in [-0.39, 0.29) is 11.6 Å². The van der Waals surface area contributed by atoms with Crippen LogP contribution in [0.4, 0.5) is 23.2 Å². The Hall–Kier alpha value is -2.83. The van der Waals surface area contributed by atoms with Crippen molar-refractivity contribution in [2.45, 2.75) is 6.36 Å². The molecule has 0 fully saturated rings. The van der Waals surface area contributed by atoms with Gasteiger partial charge >= 0.3 is 6.36 Å². The van der Waals surface area contributed by atoms with Gasteiger partial charge in [0, 0.05) is 11.8 Å². The molecular formula is C16H11F4NO2. The third kappa shape index (κ3) is 5.82. The molecule has 0 saturated carbocycles. The van der Waals surface area contributed by atoms with Gasteiger partial charge in [0.05, 0.1) is 0 Å². The smallest absolute Gasteiger partial charge is 0.406 e. The Labute approximate surface area is 129 Å². The first kappa shape index (κ1) is 16.5. The van der Waals surface area contributed by atoms with Gasteiger partial charge in [0.15, 0.2) is 0 Å². The fourth-order valence-electron chi connectivity index (χ4n) is 1.67. The van der Waals surface area contributed by atoms with Crippen molar-refractivity contribution in [2.75, 3.05) is 5.32 Å². The third-order valence-electron chi connectivity index (χ3n) is 2.65. The Morgan fingerprint density at radius 2 is 1.61 bits per heavy atom. The highest BCUT2D eigenvalue weighted by atomic mass is 19.4. The van der Waals surface area contributed by atoms with Crippen molar-refractivity contribution < 1.29 is 27.1 Å². The van der Waals surface area contributed by atoms with Crippen LogP contribution in [0.1, 0.15) is 5.56 Å². The van der Waals surface area contributed by atoms with Gasteiger partial charge in [0.2, 0.25) is 5.91 Å². The lowest BCUT2D eigenvalue weighted by molar-refractivity contribution is -0.274. The quantitative estimate of drug-likeness (QED) is 0.669. The van der Waals surface area contributed by atoms with E-state index in [0.717, 1.165) is 12.1 Å². The first-order valence-corrected chi connectivity index (χ1v) is 6.42. The highest BCUT2D eigenvalue weighted by Gasteiger charge is 2.30. The Morgan fingerprint density at radius 3 is 2.17 bits per heavy atom. The maximum absolute atomic E-state index is 12.7. The highest BCUT2D eigenvalue weighted by molar-refractivity contribution is 6.01. The van der Waals surface area contributed by atoms with E-state index >= 15 is 0 Å². The lowest BCUT2D eigenvalue weighted by Gasteiger charge is -2.09. The van der Waals surface area contributed by atoms with Crippen LogP contribution in [-0.4, -0.2) is 12.3 Å². The van der Waals surface area contributed by atoms with E-state index < -0.39 is 12.3 Å². The number of amides is 1. The molecule has 0 aliphatic rings. The first-order valence-electron chi connectivity index (χ1n) is 6.42. The normalized spacial score (nSPS) is 11.5. The highest BCUT2D eigenvalue weighted by Crippen LogP contribution is 2.23. The number of carbonyl (C=O) groups excluding carboxylic acids is 1. The number of carbonyl (C=O) groups is 1. The maximum Gasteiger partial charge on any atom is 0.573 e. The number of rotatable bonds is 4. The fourth-order valence-corrected chi connectivity index (χ4v) is 1.67. The topological polar surface area (TPSA) is 38.3 Å². The maximum atomic E-state index is 12.7. The number of ether oxygens (including phenoxy) is 1. The molecule has 0 aliphatic heterocycles. The summed E-state index contributed by atoms with van der Waals surface area (Å²) in [5.74, 6) is -1.23. The molecule has 0 heterocycles. The van der Waals surface area contributed by atoms with Gasteiger partial charge in [-0.3, -0.25) is 4.79 Å². The van der Waals surface area contributed by atoms with Crippen molar-refractivity contribution in [1.29, 1.82) is 0 Å². The molecule has 2 aromatic rings. The summed E-state index contributed by atoms with van der Waals surface area (Å²) in [6.45, 7) is 0. The van der Waals surface area contributed by atoms with Gasteiger partial charge in [-0.2, -0.15) is 0 Å². The molecule has 1 N–H and O–H groups in total. The van der Waals surface area contributed by atoms with Gasteiger partial charge in [0.1, 0.15) is 11.6 Å². The van der Waals surface area contributed by atoms with E-state index in [2.05, 4.69) is 10.1 Å². The van der Waals surface area contributed by atoms with Crippen LogP contribution in [0, 0.1) is 5.82 Å². The molecule has 1 amide bonds. The molecule has 0 aliphatic carbocycles. The lowest BCUT2D eigenvalue weighted by Crippen LogP contribution is -2.17. The van der Waals surface area contributed by atoms with Gasteiger partial charge in [-0.25, -0.2) is 4.39 Å². The molecule has 3 nitrogen and oxygen atoms in total. The van der Waals surface area contributed by atoms with Crippen LogP contribution in [0.3, 0.4) is 0 Å². The van der Waals surface area contributed by atoms with Crippen LogP contribution in [0.5, 0.6) is 5.75 Å². The minimum atomic E-state index is -4.76. The second-order valence-corrected chi connectivity index (χ2v) is 4.45.